The van der Waals surface area contributed by atoms with Crippen LogP contribution < -0.4 is 5.56 Å². The maximum Gasteiger partial charge on any atom is 0.258 e. The number of carbonyl (C=O) groups excluding carboxylic acids is 1. The molecule has 0 radical (unpaired) electrons. The summed E-state index contributed by atoms with van der Waals surface area (Å²) >= 11 is 0. The minimum Gasteiger partial charge on any atom is -0.332 e. The summed E-state index contributed by atoms with van der Waals surface area (Å²) in [6.07, 6.45) is 6.80. The fraction of sp³-hybridized carbons (Fsp3) is 0.130. The number of rotatable bonds is 6. The summed E-state index contributed by atoms with van der Waals surface area (Å²) in [6.45, 7) is 2.60. The molecule has 0 unspecified atom stereocenters. The van der Waals surface area contributed by atoms with E-state index in [1.54, 1.807) is 40.1 Å². The van der Waals surface area contributed by atoms with Gasteiger partial charge in [-0.1, -0.05) is 30.3 Å². The van der Waals surface area contributed by atoms with Crippen molar-refractivity contribution in [2.75, 3.05) is 6.54 Å². The third kappa shape index (κ3) is 4.20. The number of fused-ring (bicyclic) bond motifs is 1. The molecular weight excluding hydrogens is 378 g/mol. The summed E-state index contributed by atoms with van der Waals surface area (Å²) < 4.78 is 1.76. The number of aromatic amines is 1. The van der Waals surface area contributed by atoms with Gasteiger partial charge in [-0.15, -0.1) is 0 Å². The highest BCUT2D eigenvalue weighted by atomic mass is 16.2. The average Bonchev–Trinajstić information content (AvgIpc) is 3.25. The molecule has 1 N–H and O–H groups in total. The molecule has 0 saturated carbocycles. The van der Waals surface area contributed by atoms with Gasteiger partial charge in [-0.3, -0.25) is 9.59 Å². The quantitative estimate of drug-likeness (QED) is 0.505. The van der Waals surface area contributed by atoms with Crippen LogP contribution in [0.1, 0.15) is 18.3 Å². The molecule has 0 aliphatic heterocycles. The highest BCUT2D eigenvalue weighted by molar-refractivity contribution is 5.91. The Hall–Kier alpha value is -4.00. The van der Waals surface area contributed by atoms with E-state index in [0.717, 1.165) is 11.3 Å². The molecule has 0 spiro atoms. The van der Waals surface area contributed by atoms with Gasteiger partial charge in [0.25, 0.3) is 5.56 Å². The molecule has 0 aliphatic rings. The minimum atomic E-state index is -0.206. The van der Waals surface area contributed by atoms with E-state index >= 15 is 0 Å². The lowest BCUT2D eigenvalue weighted by atomic mass is 10.2. The van der Waals surface area contributed by atoms with Crippen LogP contribution in [0.3, 0.4) is 0 Å². The van der Waals surface area contributed by atoms with Crippen LogP contribution in [0.5, 0.6) is 0 Å². The van der Waals surface area contributed by atoms with E-state index in [0.29, 0.717) is 23.3 Å². The van der Waals surface area contributed by atoms with Crippen molar-refractivity contribution in [3.8, 4) is 5.69 Å². The average molecular weight is 399 g/mol. The predicted octanol–water partition coefficient (Wildman–Crippen LogP) is 3.17. The van der Waals surface area contributed by atoms with E-state index in [1.165, 1.54) is 6.08 Å². The molecule has 4 rings (SSSR count). The van der Waals surface area contributed by atoms with Gasteiger partial charge in [0.15, 0.2) is 0 Å². The molecule has 2 aromatic carbocycles. The summed E-state index contributed by atoms with van der Waals surface area (Å²) in [5.74, 6) is 0.292. The lowest BCUT2D eigenvalue weighted by molar-refractivity contribution is -0.126. The lowest BCUT2D eigenvalue weighted by Crippen LogP contribution is -2.30. The first-order chi connectivity index (χ1) is 14.6. The van der Waals surface area contributed by atoms with Gasteiger partial charge >= 0.3 is 0 Å². The highest BCUT2D eigenvalue weighted by Crippen LogP contribution is 2.10. The SMILES string of the molecule is CCN(Cc1nc2ccccc2c(=O)[nH]1)C(=O)/C=C/c1cnn(-c2ccccc2)c1. The van der Waals surface area contributed by atoms with Crippen LogP contribution >= 0.6 is 0 Å². The molecule has 4 aromatic rings. The number of hydrogen-bond donors (Lipinski definition) is 1. The van der Waals surface area contributed by atoms with Crippen molar-refractivity contribution in [1.29, 1.82) is 0 Å². The molecule has 2 heterocycles. The largest absolute Gasteiger partial charge is 0.332 e. The van der Waals surface area contributed by atoms with Gasteiger partial charge in [-0.2, -0.15) is 5.10 Å². The standard InChI is InChI=1S/C23H21N5O2/c1-2-27(16-21-25-20-11-7-6-10-19(20)23(30)26-21)22(29)13-12-17-14-24-28(15-17)18-8-4-3-5-9-18/h3-15H,2,16H2,1H3,(H,25,26,30)/b13-12+. The van der Waals surface area contributed by atoms with Gasteiger partial charge in [0.2, 0.25) is 5.91 Å². The number of carbonyl (C=O) groups is 1. The molecule has 2 aromatic heterocycles. The molecule has 0 saturated heterocycles. The van der Waals surface area contributed by atoms with E-state index in [9.17, 15) is 9.59 Å². The Bertz CT molecular complexity index is 1260. The van der Waals surface area contributed by atoms with Crippen LogP contribution in [0.4, 0.5) is 0 Å². The Labute approximate surface area is 173 Å². The topological polar surface area (TPSA) is 83.9 Å². The Morgan fingerprint density at radius 3 is 2.70 bits per heavy atom. The molecule has 150 valence electrons. The fourth-order valence-corrected chi connectivity index (χ4v) is 3.15. The minimum absolute atomic E-state index is 0.166. The zero-order valence-electron chi connectivity index (χ0n) is 16.5. The Morgan fingerprint density at radius 2 is 1.90 bits per heavy atom. The van der Waals surface area contributed by atoms with Crippen molar-refractivity contribution >= 4 is 22.9 Å². The third-order valence-electron chi connectivity index (χ3n) is 4.74. The van der Waals surface area contributed by atoms with Crippen LogP contribution in [0.15, 0.2) is 77.9 Å². The number of likely N-dealkylation sites (N-methyl/N-ethyl adjacent to an activating group) is 1. The maximum atomic E-state index is 12.7. The smallest absolute Gasteiger partial charge is 0.258 e. The number of nitrogens with zero attached hydrogens (tertiary/aromatic N) is 4. The van der Waals surface area contributed by atoms with Gasteiger partial charge in [-0.05, 0) is 37.3 Å². The Kier molecular flexibility index (Phi) is 5.52. The zero-order chi connectivity index (χ0) is 20.9. The second-order valence-electron chi connectivity index (χ2n) is 6.77. The summed E-state index contributed by atoms with van der Waals surface area (Å²) in [4.78, 5) is 33.8. The van der Waals surface area contributed by atoms with Crippen LogP contribution in [0.2, 0.25) is 0 Å². The van der Waals surface area contributed by atoms with E-state index in [4.69, 9.17) is 0 Å². The fourth-order valence-electron chi connectivity index (χ4n) is 3.15. The van der Waals surface area contributed by atoms with E-state index in [2.05, 4.69) is 15.1 Å². The van der Waals surface area contributed by atoms with Crippen molar-refractivity contribution in [2.24, 2.45) is 0 Å². The van der Waals surface area contributed by atoms with Crippen LogP contribution in [-0.2, 0) is 11.3 Å². The number of H-pyrrole nitrogens is 1. The second-order valence-corrected chi connectivity index (χ2v) is 6.77. The zero-order valence-corrected chi connectivity index (χ0v) is 16.5. The number of aromatic nitrogens is 4. The molecule has 0 atom stereocenters. The molecule has 0 aliphatic carbocycles. The molecule has 0 bridgehead atoms. The molecule has 7 heteroatoms. The number of para-hydroxylation sites is 2. The molecule has 0 fully saturated rings. The molecule has 30 heavy (non-hydrogen) atoms. The predicted molar refractivity (Wildman–Crippen MR) is 116 cm³/mol. The summed E-state index contributed by atoms with van der Waals surface area (Å²) in [7, 11) is 0. The van der Waals surface area contributed by atoms with Crippen molar-refractivity contribution in [3.05, 3.63) is 94.8 Å². The molecular formula is C23H21N5O2. The van der Waals surface area contributed by atoms with Gasteiger partial charge < -0.3 is 9.88 Å². The monoisotopic (exact) mass is 399 g/mol. The maximum absolute atomic E-state index is 12.7. The van der Waals surface area contributed by atoms with Crippen molar-refractivity contribution in [1.82, 2.24) is 24.6 Å². The number of hydrogen-bond acceptors (Lipinski definition) is 4. The van der Waals surface area contributed by atoms with Gasteiger partial charge in [0.1, 0.15) is 5.82 Å². The van der Waals surface area contributed by atoms with Crippen molar-refractivity contribution < 1.29 is 4.79 Å². The Morgan fingerprint density at radius 1 is 1.13 bits per heavy atom. The number of nitrogens with one attached hydrogen (secondary N) is 1. The third-order valence-corrected chi connectivity index (χ3v) is 4.74. The Balaban J connectivity index is 1.48. The van der Waals surface area contributed by atoms with Crippen LogP contribution in [0, 0.1) is 0 Å². The summed E-state index contributed by atoms with van der Waals surface area (Å²) in [5.41, 5.74) is 2.18. The van der Waals surface area contributed by atoms with Gasteiger partial charge in [0, 0.05) is 24.4 Å². The molecule has 7 nitrogen and oxygen atoms in total. The summed E-state index contributed by atoms with van der Waals surface area (Å²) in [6, 6.07) is 16.9. The van der Waals surface area contributed by atoms with Crippen molar-refractivity contribution in [2.45, 2.75) is 13.5 Å². The summed E-state index contributed by atoms with van der Waals surface area (Å²) in [5, 5.41) is 4.86. The second kappa shape index (κ2) is 8.57. The normalized spacial score (nSPS) is 11.2. The van der Waals surface area contributed by atoms with Crippen molar-refractivity contribution in [3.63, 3.8) is 0 Å². The van der Waals surface area contributed by atoms with Crippen LogP contribution in [0.25, 0.3) is 22.7 Å². The van der Waals surface area contributed by atoms with Gasteiger partial charge in [-0.25, -0.2) is 9.67 Å². The molecule has 1 amide bonds. The van der Waals surface area contributed by atoms with Crippen LogP contribution in [-0.4, -0.2) is 37.1 Å². The van der Waals surface area contributed by atoms with E-state index < -0.39 is 0 Å². The van der Waals surface area contributed by atoms with E-state index in [1.807, 2.05) is 49.5 Å². The lowest BCUT2D eigenvalue weighted by Gasteiger charge is -2.18. The number of benzene rings is 2. The first-order valence-electron chi connectivity index (χ1n) is 9.69. The van der Waals surface area contributed by atoms with Gasteiger partial charge in [0.05, 0.1) is 29.3 Å². The first kappa shape index (κ1) is 19.3. The number of amides is 1. The first-order valence-corrected chi connectivity index (χ1v) is 9.69. The highest BCUT2D eigenvalue weighted by Gasteiger charge is 2.12. The van der Waals surface area contributed by atoms with E-state index in [-0.39, 0.29) is 18.0 Å².